The first-order chi connectivity index (χ1) is 16.0. The molecule has 2 aliphatic rings. The van der Waals surface area contributed by atoms with E-state index < -0.39 is 24.3 Å². The Hall–Kier alpha value is -2.20. The van der Waals surface area contributed by atoms with Crippen LogP contribution in [0.4, 0.5) is 0 Å². The van der Waals surface area contributed by atoms with Crippen molar-refractivity contribution in [1.82, 2.24) is 14.4 Å². The topological polar surface area (TPSA) is 73.2 Å². The van der Waals surface area contributed by atoms with E-state index in [4.69, 9.17) is 14.0 Å². The normalized spacial score (nSPS) is 20.7. The molecule has 0 radical (unpaired) electrons. The van der Waals surface area contributed by atoms with Gasteiger partial charge in [0.05, 0.1) is 23.3 Å². The molecular formula is C25H36BN3O5. The van der Waals surface area contributed by atoms with Crippen LogP contribution in [-0.4, -0.2) is 85.0 Å². The summed E-state index contributed by atoms with van der Waals surface area (Å²) in [5.74, 6) is -0.594. The van der Waals surface area contributed by atoms with Crippen molar-refractivity contribution in [2.24, 2.45) is 0 Å². The number of piperazine rings is 1. The zero-order valence-electron chi connectivity index (χ0n) is 21.2. The summed E-state index contributed by atoms with van der Waals surface area (Å²) in [6.07, 6.45) is 1.65. The van der Waals surface area contributed by atoms with E-state index >= 15 is 0 Å². The van der Waals surface area contributed by atoms with E-state index in [0.29, 0.717) is 11.9 Å². The molecule has 0 bridgehead atoms. The first-order valence-electron chi connectivity index (χ1n) is 12.1. The Bertz CT molecular complexity index is 1110. The zero-order valence-corrected chi connectivity index (χ0v) is 21.2. The minimum absolute atomic E-state index is 0.0544. The number of benzene rings is 1. The monoisotopic (exact) mass is 469 g/mol. The molecule has 2 aliphatic heterocycles. The van der Waals surface area contributed by atoms with E-state index in [1.54, 1.807) is 19.2 Å². The van der Waals surface area contributed by atoms with Gasteiger partial charge in [-0.15, -0.1) is 0 Å². The number of esters is 1. The zero-order chi connectivity index (χ0) is 24.7. The molecule has 0 N–H and O–H groups in total. The van der Waals surface area contributed by atoms with Gasteiger partial charge in [0.2, 0.25) is 5.43 Å². The van der Waals surface area contributed by atoms with Crippen molar-refractivity contribution in [3.05, 3.63) is 40.2 Å². The number of hydrogen-bond acceptors (Lipinski definition) is 7. The Morgan fingerprint density at radius 3 is 2.32 bits per heavy atom. The summed E-state index contributed by atoms with van der Waals surface area (Å²) >= 11 is 0. The molecule has 0 amide bonds. The average Bonchev–Trinajstić information content (AvgIpc) is 3.01. The highest BCUT2D eigenvalue weighted by Gasteiger charge is 2.51. The maximum atomic E-state index is 13.3. The minimum atomic E-state index is -0.594. The van der Waals surface area contributed by atoms with Gasteiger partial charge in [0.15, 0.2) is 0 Å². The van der Waals surface area contributed by atoms with E-state index in [1.807, 2.05) is 44.4 Å². The van der Waals surface area contributed by atoms with Crippen LogP contribution in [0.3, 0.4) is 0 Å². The molecule has 1 aromatic heterocycles. The van der Waals surface area contributed by atoms with Crippen LogP contribution in [-0.2, 0) is 20.6 Å². The van der Waals surface area contributed by atoms with E-state index in [2.05, 4.69) is 16.8 Å². The second-order valence-corrected chi connectivity index (χ2v) is 10.3. The van der Waals surface area contributed by atoms with Gasteiger partial charge in [0, 0.05) is 50.9 Å². The molecule has 3 heterocycles. The lowest BCUT2D eigenvalue weighted by Gasteiger charge is -2.32. The molecule has 0 spiro atoms. The molecule has 8 nitrogen and oxygen atoms in total. The molecule has 2 fully saturated rings. The smallest absolute Gasteiger partial charge is 0.462 e. The molecule has 1 aromatic carbocycles. The van der Waals surface area contributed by atoms with Crippen molar-refractivity contribution in [3.63, 3.8) is 0 Å². The third kappa shape index (κ3) is 4.80. The van der Waals surface area contributed by atoms with Crippen LogP contribution in [0, 0.1) is 0 Å². The van der Waals surface area contributed by atoms with Crippen LogP contribution < -0.4 is 10.9 Å². The number of pyridine rings is 1. The lowest BCUT2D eigenvalue weighted by Crippen LogP contribution is -2.45. The van der Waals surface area contributed by atoms with Crippen molar-refractivity contribution >= 4 is 29.5 Å². The van der Waals surface area contributed by atoms with Crippen LogP contribution in [0.15, 0.2) is 29.2 Å². The summed E-state index contributed by atoms with van der Waals surface area (Å²) in [5.41, 5.74) is 0.299. The molecule has 0 saturated carbocycles. The highest BCUT2D eigenvalue weighted by Crippen LogP contribution is 2.36. The summed E-state index contributed by atoms with van der Waals surface area (Å²) in [4.78, 5) is 30.7. The van der Waals surface area contributed by atoms with Gasteiger partial charge in [-0.1, -0.05) is 6.07 Å². The summed E-state index contributed by atoms with van der Waals surface area (Å²) in [6, 6.07) is 5.67. The Morgan fingerprint density at radius 2 is 1.71 bits per heavy atom. The lowest BCUT2D eigenvalue weighted by molar-refractivity contribution is 0.00578. The predicted octanol–water partition coefficient (Wildman–Crippen LogP) is 1.72. The van der Waals surface area contributed by atoms with Gasteiger partial charge in [0.25, 0.3) is 0 Å². The van der Waals surface area contributed by atoms with Crippen LogP contribution in [0.2, 0.25) is 0 Å². The van der Waals surface area contributed by atoms with Crippen molar-refractivity contribution in [1.29, 1.82) is 0 Å². The molecule has 0 atom stereocenters. The summed E-state index contributed by atoms with van der Waals surface area (Å²) in [5, 5.41) is 0.469. The lowest BCUT2D eigenvalue weighted by atomic mass is 9.78. The van der Waals surface area contributed by atoms with E-state index in [0.717, 1.165) is 43.7 Å². The highest BCUT2D eigenvalue weighted by atomic mass is 16.7. The van der Waals surface area contributed by atoms with Crippen LogP contribution in [0.25, 0.3) is 10.9 Å². The van der Waals surface area contributed by atoms with Crippen molar-refractivity contribution in [2.45, 2.75) is 52.4 Å². The Labute approximate surface area is 201 Å². The van der Waals surface area contributed by atoms with Gasteiger partial charge in [-0.05, 0) is 59.3 Å². The fourth-order valence-electron chi connectivity index (χ4n) is 4.40. The molecule has 9 heteroatoms. The number of carbonyl (C=O) groups is 1. The van der Waals surface area contributed by atoms with Gasteiger partial charge >= 0.3 is 13.1 Å². The van der Waals surface area contributed by atoms with Crippen molar-refractivity contribution in [3.8, 4) is 0 Å². The average molecular weight is 469 g/mol. The first-order valence-corrected chi connectivity index (χ1v) is 12.1. The molecule has 34 heavy (non-hydrogen) atoms. The van der Waals surface area contributed by atoms with E-state index in [9.17, 15) is 9.59 Å². The number of fused-ring (bicyclic) bond motifs is 1. The molecule has 2 saturated heterocycles. The largest absolute Gasteiger partial charge is 0.494 e. The molecule has 0 aliphatic carbocycles. The van der Waals surface area contributed by atoms with E-state index in [1.165, 1.54) is 0 Å². The summed E-state index contributed by atoms with van der Waals surface area (Å²) in [6.45, 7) is 15.5. The summed E-state index contributed by atoms with van der Waals surface area (Å²) < 4.78 is 19.6. The third-order valence-electron chi connectivity index (χ3n) is 7.38. The van der Waals surface area contributed by atoms with E-state index in [-0.39, 0.29) is 17.6 Å². The van der Waals surface area contributed by atoms with Gasteiger partial charge in [-0.2, -0.15) is 0 Å². The SMILES string of the molecule is CCOC(=O)c1cn(CCN2CCN(C)CC2)c2ccc(B3OC(C)(C)C(C)(C)O3)cc2c1=O. The van der Waals surface area contributed by atoms with Gasteiger partial charge in [-0.25, -0.2) is 4.79 Å². The number of likely N-dealkylation sites (N-methyl/N-ethyl adjacent to an activating group) is 1. The maximum Gasteiger partial charge on any atom is 0.494 e. The second-order valence-electron chi connectivity index (χ2n) is 10.3. The quantitative estimate of drug-likeness (QED) is 0.471. The fraction of sp³-hybridized carbons (Fsp3) is 0.600. The number of carbonyl (C=O) groups excluding carboxylic acids is 1. The Morgan fingerprint density at radius 1 is 1.06 bits per heavy atom. The number of aromatic nitrogens is 1. The van der Waals surface area contributed by atoms with Gasteiger partial charge in [-0.3, -0.25) is 9.69 Å². The molecule has 184 valence electrons. The number of nitrogens with zero attached hydrogens (tertiary/aromatic N) is 3. The van der Waals surface area contributed by atoms with Gasteiger partial charge in [0.1, 0.15) is 5.56 Å². The molecule has 0 unspecified atom stereocenters. The third-order valence-corrected chi connectivity index (χ3v) is 7.38. The first kappa shape index (κ1) is 24.9. The molecule has 2 aromatic rings. The molecular weight excluding hydrogens is 433 g/mol. The van der Waals surface area contributed by atoms with Crippen LogP contribution >= 0.6 is 0 Å². The van der Waals surface area contributed by atoms with Crippen LogP contribution in [0.1, 0.15) is 45.0 Å². The van der Waals surface area contributed by atoms with Crippen molar-refractivity contribution < 1.29 is 18.8 Å². The number of hydrogen-bond donors (Lipinski definition) is 0. The van der Waals surface area contributed by atoms with Crippen molar-refractivity contribution in [2.75, 3.05) is 46.4 Å². The number of ether oxygens (including phenoxy) is 1. The highest BCUT2D eigenvalue weighted by molar-refractivity contribution is 6.62. The summed E-state index contributed by atoms with van der Waals surface area (Å²) in [7, 11) is 1.55. The maximum absolute atomic E-state index is 13.3. The molecule has 4 rings (SSSR count). The standard InChI is InChI=1S/C25H36BN3O5/c1-7-32-23(31)20-17-29(15-14-28-12-10-27(6)11-13-28)21-9-8-18(16-19(21)22(20)30)26-33-24(2,3)25(4,5)34-26/h8-9,16-17H,7,10-15H2,1-6H3. The second kappa shape index (κ2) is 9.45. The van der Waals surface area contributed by atoms with Crippen LogP contribution in [0.5, 0.6) is 0 Å². The fourth-order valence-corrected chi connectivity index (χ4v) is 4.40. The Kier molecular flexibility index (Phi) is 6.93. The number of rotatable bonds is 6. The minimum Gasteiger partial charge on any atom is -0.462 e. The predicted molar refractivity (Wildman–Crippen MR) is 134 cm³/mol. The Balaban J connectivity index is 1.70. The van der Waals surface area contributed by atoms with Gasteiger partial charge < -0.3 is 23.5 Å².